The second kappa shape index (κ2) is 7.68. The first-order chi connectivity index (χ1) is 15.9. The van der Waals surface area contributed by atoms with Crippen LogP contribution in [-0.2, 0) is 0 Å². The van der Waals surface area contributed by atoms with Gasteiger partial charge in [0.25, 0.3) is 0 Å². The molecule has 1 aromatic heterocycles. The fourth-order valence-electron chi connectivity index (χ4n) is 6.14. The summed E-state index contributed by atoms with van der Waals surface area (Å²) in [6.45, 7) is 5.61. The summed E-state index contributed by atoms with van der Waals surface area (Å²) < 4.78 is 17.2. The summed E-state index contributed by atoms with van der Waals surface area (Å²) in [4.78, 5) is 29.1. The molecule has 4 fully saturated rings. The molecule has 2 aliphatic carbocycles. The largest absolute Gasteiger partial charge is 0.477 e. The van der Waals surface area contributed by atoms with E-state index in [0.29, 0.717) is 17.1 Å². The number of nitrogens with one attached hydrogen (secondary N) is 1. The number of nitrogens with zero attached hydrogens (tertiary/aromatic N) is 3. The third-order valence-corrected chi connectivity index (χ3v) is 8.49. The van der Waals surface area contributed by atoms with Crippen LogP contribution in [0.25, 0.3) is 10.9 Å². The molecule has 6 rings (SSSR count). The molecule has 2 N–H and O–H groups in total. The van der Waals surface area contributed by atoms with E-state index in [-0.39, 0.29) is 27.6 Å². The van der Waals surface area contributed by atoms with Gasteiger partial charge < -0.3 is 19.9 Å². The van der Waals surface area contributed by atoms with Crippen molar-refractivity contribution < 1.29 is 14.3 Å². The Morgan fingerprint density at radius 3 is 2.55 bits per heavy atom. The van der Waals surface area contributed by atoms with Crippen LogP contribution < -0.4 is 15.6 Å². The summed E-state index contributed by atoms with van der Waals surface area (Å²) in [6, 6.07) is 1.29. The minimum atomic E-state index is -1.30. The lowest BCUT2D eigenvalue weighted by atomic mass is 9.94. The molecule has 0 bridgehead atoms. The lowest BCUT2D eigenvalue weighted by Crippen LogP contribution is -2.53. The van der Waals surface area contributed by atoms with Crippen LogP contribution in [0.5, 0.6) is 0 Å². The van der Waals surface area contributed by atoms with E-state index in [1.165, 1.54) is 25.1 Å². The molecule has 7 nitrogen and oxygen atoms in total. The minimum Gasteiger partial charge on any atom is -0.477 e. The van der Waals surface area contributed by atoms with Crippen LogP contribution in [-0.4, -0.2) is 65.4 Å². The molecule has 0 amide bonds. The van der Waals surface area contributed by atoms with Gasteiger partial charge in [0, 0.05) is 57.0 Å². The Morgan fingerprint density at radius 2 is 1.91 bits per heavy atom. The molecule has 1 aromatic carbocycles. The Hall–Kier alpha value is -2.16. The number of hydrogen-bond donors (Lipinski definition) is 2. The quantitative estimate of drug-likeness (QED) is 0.693. The average molecular weight is 475 g/mol. The molecule has 1 atom stereocenters. The fourth-order valence-corrected chi connectivity index (χ4v) is 6.55. The van der Waals surface area contributed by atoms with Gasteiger partial charge in [0.05, 0.1) is 21.6 Å². The van der Waals surface area contributed by atoms with Crippen LogP contribution in [0.15, 0.2) is 17.1 Å². The maximum Gasteiger partial charge on any atom is 0.341 e. The molecular formula is C24H28ClFN4O3. The average Bonchev–Trinajstić information content (AvgIpc) is 3.73. The lowest BCUT2D eigenvalue weighted by molar-refractivity contribution is 0.0695. The molecule has 176 valence electrons. The van der Waals surface area contributed by atoms with Gasteiger partial charge in [-0.1, -0.05) is 11.6 Å². The highest BCUT2D eigenvalue weighted by Gasteiger charge is 2.55. The number of carboxylic acids is 1. The molecule has 0 spiro atoms. The molecule has 2 saturated carbocycles. The van der Waals surface area contributed by atoms with Crippen molar-refractivity contribution in [3.05, 3.63) is 38.9 Å². The smallest absolute Gasteiger partial charge is 0.341 e. The number of aromatic nitrogens is 1. The van der Waals surface area contributed by atoms with E-state index in [1.54, 1.807) is 4.57 Å². The van der Waals surface area contributed by atoms with Gasteiger partial charge in [-0.05, 0) is 44.1 Å². The van der Waals surface area contributed by atoms with Crippen LogP contribution in [0.4, 0.5) is 10.1 Å². The van der Waals surface area contributed by atoms with E-state index in [4.69, 9.17) is 11.6 Å². The van der Waals surface area contributed by atoms with E-state index in [9.17, 15) is 14.7 Å². The molecular weight excluding hydrogens is 447 g/mol. The van der Waals surface area contributed by atoms with Crippen LogP contribution in [0.3, 0.4) is 0 Å². The number of rotatable bonds is 5. The van der Waals surface area contributed by atoms with Crippen molar-refractivity contribution in [3.8, 4) is 0 Å². The molecule has 1 unspecified atom stereocenters. The number of hydrogen-bond acceptors (Lipinski definition) is 5. The van der Waals surface area contributed by atoms with Crippen molar-refractivity contribution in [1.82, 2.24) is 14.8 Å². The Kier molecular flexibility index (Phi) is 4.98. The molecule has 2 aromatic rings. The second-order valence-electron chi connectivity index (χ2n) is 10.0. The number of carbonyl (C=O) groups is 1. The first kappa shape index (κ1) is 21.4. The Bertz CT molecular complexity index is 1200. The summed E-state index contributed by atoms with van der Waals surface area (Å²) in [5.74, 6) is -1.40. The van der Waals surface area contributed by atoms with E-state index in [0.717, 1.165) is 58.5 Å². The Labute approximate surface area is 196 Å². The van der Waals surface area contributed by atoms with Crippen molar-refractivity contribution in [2.24, 2.45) is 5.92 Å². The van der Waals surface area contributed by atoms with Gasteiger partial charge >= 0.3 is 5.97 Å². The predicted molar refractivity (Wildman–Crippen MR) is 125 cm³/mol. The number of pyridine rings is 1. The fraction of sp³-hybridized carbons (Fsp3) is 0.583. The highest BCUT2D eigenvalue weighted by Crippen LogP contribution is 2.52. The Morgan fingerprint density at radius 1 is 1.18 bits per heavy atom. The first-order valence-corrected chi connectivity index (χ1v) is 12.3. The van der Waals surface area contributed by atoms with Gasteiger partial charge in [0.15, 0.2) is 0 Å². The number of anilines is 1. The monoisotopic (exact) mass is 474 g/mol. The van der Waals surface area contributed by atoms with E-state index >= 15 is 4.39 Å². The van der Waals surface area contributed by atoms with E-state index < -0.39 is 17.2 Å². The summed E-state index contributed by atoms with van der Waals surface area (Å²) >= 11 is 6.83. The van der Waals surface area contributed by atoms with Crippen LogP contribution >= 0.6 is 11.6 Å². The van der Waals surface area contributed by atoms with E-state index in [2.05, 4.69) is 10.2 Å². The van der Waals surface area contributed by atoms with Crippen molar-refractivity contribution in [1.29, 1.82) is 0 Å². The maximum atomic E-state index is 15.4. The van der Waals surface area contributed by atoms with E-state index in [1.807, 2.05) is 4.90 Å². The SMILES string of the molecule is O=C(O)c1cn(C2CC2)c2c(Cl)c(N3CCC(C4(N5CCNCC5)CC4)C3)c(F)cc2c1=O. The summed E-state index contributed by atoms with van der Waals surface area (Å²) in [5.41, 5.74) is 0.00234. The summed E-state index contributed by atoms with van der Waals surface area (Å²) in [6.07, 6.45) is 6.54. The van der Waals surface area contributed by atoms with Gasteiger partial charge in [0.1, 0.15) is 11.4 Å². The molecule has 3 heterocycles. The summed E-state index contributed by atoms with van der Waals surface area (Å²) in [7, 11) is 0. The van der Waals surface area contributed by atoms with Crippen LogP contribution in [0, 0.1) is 11.7 Å². The zero-order valence-corrected chi connectivity index (χ0v) is 19.2. The number of halogens is 2. The number of aromatic carboxylic acids is 1. The number of carboxylic acid groups (broad SMARTS) is 1. The van der Waals surface area contributed by atoms with Gasteiger partial charge in [-0.25, -0.2) is 9.18 Å². The zero-order chi connectivity index (χ0) is 22.9. The van der Waals surface area contributed by atoms with Gasteiger partial charge in [-0.3, -0.25) is 9.69 Å². The topological polar surface area (TPSA) is 77.8 Å². The highest BCUT2D eigenvalue weighted by atomic mass is 35.5. The van der Waals surface area contributed by atoms with Crippen molar-refractivity contribution >= 4 is 34.2 Å². The number of benzene rings is 1. The second-order valence-corrected chi connectivity index (χ2v) is 10.4. The molecule has 2 aliphatic heterocycles. The minimum absolute atomic E-state index is 0.0447. The molecule has 33 heavy (non-hydrogen) atoms. The lowest BCUT2D eigenvalue weighted by Gasteiger charge is -2.39. The van der Waals surface area contributed by atoms with Crippen molar-refractivity contribution in [2.45, 2.75) is 43.7 Å². The molecule has 0 radical (unpaired) electrons. The number of piperazine rings is 1. The predicted octanol–water partition coefficient (Wildman–Crippen LogP) is 3.09. The van der Waals surface area contributed by atoms with Gasteiger partial charge in [-0.2, -0.15) is 0 Å². The van der Waals surface area contributed by atoms with Gasteiger partial charge in [0.2, 0.25) is 5.43 Å². The normalized spacial score (nSPS) is 25.0. The molecule has 9 heteroatoms. The Balaban J connectivity index is 1.39. The van der Waals surface area contributed by atoms with Crippen LogP contribution in [0.1, 0.15) is 48.5 Å². The van der Waals surface area contributed by atoms with Crippen LogP contribution in [0.2, 0.25) is 5.02 Å². The summed E-state index contributed by atoms with van der Waals surface area (Å²) in [5, 5.41) is 13.2. The number of fused-ring (bicyclic) bond motifs is 1. The standard InChI is InChI=1S/C24H28ClFN4O3/c25-19-20-16(22(31)17(23(32)33)13-30(20)15-1-2-15)11-18(26)21(19)28-8-3-14(12-28)24(4-5-24)29-9-6-27-7-10-29/h11,13-15,27H,1-10,12H2,(H,32,33). The van der Waals surface area contributed by atoms with Crippen molar-refractivity contribution in [3.63, 3.8) is 0 Å². The maximum absolute atomic E-state index is 15.4. The van der Waals surface area contributed by atoms with Gasteiger partial charge in [-0.15, -0.1) is 0 Å². The first-order valence-electron chi connectivity index (χ1n) is 11.9. The third kappa shape index (κ3) is 3.37. The van der Waals surface area contributed by atoms with Crippen molar-refractivity contribution in [2.75, 3.05) is 44.2 Å². The molecule has 4 aliphatic rings. The zero-order valence-electron chi connectivity index (χ0n) is 18.4. The highest BCUT2D eigenvalue weighted by molar-refractivity contribution is 6.38. The third-order valence-electron chi connectivity index (χ3n) is 8.13. The molecule has 2 saturated heterocycles.